The van der Waals surface area contributed by atoms with Crippen molar-refractivity contribution in [1.29, 1.82) is 0 Å². The zero-order valence-electron chi connectivity index (χ0n) is 18.9. The van der Waals surface area contributed by atoms with Crippen molar-refractivity contribution in [2.75, 3.05) is 26.6 Å². The number of amides is 1. The topological polar surface area (TPSA) is 94.8 Å². The molecule has 2 heterocycles. The fourth-order valence-corrected chi connectivity index (χ4v) is 4.00. The van der Waals surface area contributed by atoms with Gasteiger partial charge in [-0.05, 0) is 35.9 Å². The first kappa shape index (κ1) is 23.3. The number of ether oxygens (including phenoxy) is 3. The van der Waals surface area contributed by atoms with E-state index in [0.29, 0.717) is 39.0 Å². The molecule has 0 aliphatic carbocycles. The van der Waals surface area contributed by atoms with Gasteiger partial charge in [-0.15, -0.1) is 0 Å². The minimum absolute atomic E-state index is 0.00249. The summed E-state index contributed by atoms with van der Waals surface area (Å²) in [7, 11) is 4.57. The van der Waals surface area contributed by atoms with Gasteiger partial charge < -0.3 is 29.2 Å². The Hall–Kier alpha value is -3.91. The number of pyridine rings is 1. The molecule has 2 N–H and O–H groups in total. The predicted molar refractivity (Wildman–Crippen MR) is 130 cm³/mol. The van der Waals surface area contributed by atoms with Crippen LogP contribution >= 0.6 is 11.6 Å². The highest BCUT2D eigenvalue weighted by molar-refractivity contribution is 6.30. The quantitative estimate of drug-likeness (QED) is 0.366. The lowest BCUT2D eigenvalue weighted by atomic mass is 10.0. The monoisotopic (exact) mass is 481 g/mol. The van der Waals surface area contributed by atoms with Gasteiger partial charge in [-0.25, -0.2) is 4.98 Å². The third kappa shape index (κ3) is 4.58. The van der Waals surface area contributed by atoms with Crippen LogP contribution in [-0.2, 0) is 4.79 Å². The molecule has 34 heavy (non-hydrogen) atoms. The number of benzene rings is 2. The normalized spacial score (nSPS) is 11.8. The molecule has 176 valence electrons. The first-order chi connectivity index (χ1) is 16.4. The Kier molecular flexibility index (Phi) is 6.79. The molecule has 2 aromatic carbocycles. The number of hydrogen-bond acceptors (Lipinski definition) is 6. The van der Waals surface area contributed by atoms with Gasteiger partial charge >= 0.3 is 0 Å². The standard InChI is InChI=1S/C25H24ClN3O5/c1-32-20-10-16(11-21(33-2)24(20)34-3)19(12-23(30)28-22-9-8-17(26)13-27-22)29-14-15-6-4-5-7-18(15)25(29)31/h4-11,13-14,19,31H,12H2,1-3H3,(H,27,28,30). The zero-order valence-corrected chi connectivity index (χ0v) is 19.7. The van der Waals surface area contributed by atoms with Crippen LogP contribution in [0.25, 0.3) is 10.8 Å². The van der Waals surface area contributed by atoms with E-state index in [1.165, 1.54) is 27.5 Å². The Morgan fingerprint density at radius 3 is 2.38 bits per heavy atom. The van der Waals surface area contributed by atoms with Crippen molar-refractivity contribution in [3.63, 3.8) is 0 Å². The van der Waals surface area contributed by atoms with Crippen LogP contribution in [0.15, 0.2) is 60.9 Å². The lowest BCUT2D eigenvalue weighted by Crippen LogP contribution is -2.20. The van der Waals surface area contributed by atoms with Crippen molar-refractivity contribution in [3.05, 3.63) is 71.5 Å². The number of carbonyl (C=O) groups excluding carboxylic acids is 1. The van der Waals surface area contributed by atoms with Crippen LogP contribution in [0.4, 0.5) is 5.82 Å². The molecule has 0 spiro atoms. The summed E-state index contributed by atoms with van der Waals surface area (Å²) in [6, 6.07) is 13.7. The number of nitrogens with one attached hydrogen (secondary N) is 1. The van der Waals surface area contributed by atoms with Gasteiger partial charge in [0.05, 0.1) is 38.8 Å². The molecule has 2 aromatic heterocycles. The van der Waals surface area contributed by atoms with E-state index >= 15 is 0 Å². The van der Waals surface area contributed by atoms with Crippen molar-refractivity contribution in [2.24, 2.45) is 0 Å². The number of rotatable bonds is 8. The summed E-state index contributed by atoms with van der Waals surface area (Å²) >= 11 is 5.89. The van der Waals surface area contributed by atoms with E-state index in [0.717, 1.165) is 5.39 Å². The van der Waals surface area contributed by atoms with Crippen LogP contribution in [0.2, 0.25) is 5.02 Å². The third-order valence-electron chi connectivity index (χ3n) is 5.51. The summed E-state index contributed by atoms with van der Waals surface area (Å²) in [5, 5.41) is 15.8. The maximum atomic E-state index is 13.0. The Balaban J connectivity index is 1.79. The van der Waals surface area contributed by atoms with Gasteiger partial charge in [-0.1, -0.05) is 29.8 Å². The van der Waals surface area contributed by atoms with Gasteiger partial charge in [0.2, 0.25) is 11.7 Å². The second-order valence-electron chi connectivity index (χ2n) is 7.54. The van der Waals surface area contributed by atoms with Gasteiger partial charge in [0.25, 0.3) is 0 Å². The molecule has 1 amide bonds. The summed E-state index contributed by atoms with van der Waals surface area (Å²) in [6.45, 7) is 0. The zero-order chi connectivity index (χ0) is 24.2. The van der Waals surface area contributed by atoms with Crippen molar-refractivity contribution in [3.8, 4) is 23.1 Å². The molecule has 4 rings (SSSR count). The summed E-state index contributed by atoms with van der Waals surface area (Å²) in [5.41, 5.74) is 0.685. The molecule has 0 radical (unpaired) electrons. The minimum Gasteiger partial charge on any atom is -0.494 e. The number of methoxy groups -OCH3 is 3. The van der Waals surface area contributed by atoms with Crippen molar-refractivity contribution in [2.45, 2.75) is 12.5 Å². The van der Waals surface area contributed by atoms with Gasteiger partial charge in [0.15, 0.2) is 17.4 Å². The number of anilines is 1. The maximum absolute atomic E-state index is 13.0. The van der Waals surface area contributed by atoms with E-state index in [1.807, 2.05) is 30.5 Å². The number of fused-ring (bicyclic) bond motifs is 1. The van der Waals surface area contributed by atoms with Crippen LogP contribution < -0.4 is 19.5 Å². The first-order valence-corrected chi connectivity index (χ1v) is 10.8. The summed E-state index contributed by atoms with van der Waals surface area (Å²) in [4.78, 5) is 17.2. The highest BCUT2D eigenvalue weighted by Gasteiger charge is 2.25. The van der Waals surface area contributed by atoms with Gasteiger partial charge in [-0.2, -0.15) is 0 Å². The van der Waals surface area contributed by atoms with E-state index in [1.54, 1.807) is 28.8 Å². The molecule has 1 atom stereocenters. The molecule has 0 aliphatic heterocycles. The minimum atomic E-state index is -0.589. The van der Waals surface area contributed by atoms with Gasteiger partial charge in [0.1, 0.15) is 5.82 Å². The van der Waals surface area contributed by atoms with E-state index < -0.39 is 6.04 Å². The molecule has 8 nitrogen and oxygen atoms in total. The fraction of sp³-hybridized carbons (Fsp3) is 0.200. The van der Waals surface area contributed by atoms with Gasteiger partial charge in [0, 0.05) is 23.2 Å². The number of aromatic hydroxyl groups is 1. The first-order valence-electron chi connectivity index (χ1n) is 10.4. The van der Waals surface area contributed by atoms with Gasteiger partial charge in [-0.3, -0.25) is 4.79 Å². The van der Waals surface area contributed by atoms with E-state index in [9.17, 15) is 9.90 Å². The summed E-state index contributed by atoms with van der Waals surface area (Å²) in [6.07, 6.45) is 3.27. The highest BCUT2D eigenvalue weighted by atomic mass is 35.5. The van der Waals surface area contributed by atoms with Crippen LogP contribution in [-0.4, -0.2) is 41.9 Å². The molecule has 0 aliphatic rings. The third-order valence-corrected chi connectivity index (χ3v) is 5.73. The average Bonchev–Trinajstić information content (AvgIpc) is 3.19. The largest absolute Gasteiger partial charge is 0.494 e. The predicted octanol–water partition coefficient (Wildman–Crippen LogP) is 5.04. The maximum Gasteiger partial charge on any atom is 0.227 e. The van der Waals surface area contributed by atoms with Crippen molar-refractivity contribution >= 4 is 34.1 Å². The lowest BCUT2D eigenvalue weighted by Gasteiger charge is -2.22. The Labute approximate surface area is 201 Å². The van der Waals surface area contributed by atoms with E-state index in [-0.39, 0.29) is 18.2 Å². The molecule has 0 bridgehead atoms. The second kappa shape index (κ2) is 9.93. The molecule has 9 heteroatoms. The molecule has 0 saturated carbocycles. The number of nitrogens with zero attached hydrogens (tertiary/aromatic N) is 2. The van der Waals surface area contributed by atoms with Crippen molar-refractivity contribution in [1.82, 2.24) is 9.55 Å². The summed E-state index contributed by atoms with van der Waals surface area (Å²) < 4.78 is 18.1. The number of hydrogen-bond donors (Lipinski definition) is 2. The molecule has 0 fully saturated rings. The van der Waals surface area contributed by atoms with Crippen LogP contribution in [0.3, 0.4) is 0 Å². The molecule has 4 aromatic rings. The fourth-order valence-electron chi connectivity index (χ4n) is 3.89. The second-order valence-corrected chi connectivity index (χ2v) is 7.97. The van der Waals surface area contributed by atoms with Crippen molar-refractivity contribution < 1.29 is 24.1 Å². The number of aromatic nitrogens is 2. The highest BCUT2D eigenvalue weighted by Crippen LogP contribution is 2.42. The Bertz CT molecular complexity index is 1300. The lowest BCUT2D eigenvalue weighted by molar-refractivity contribution is -0.116. The van der Waals surface area contributed by atoms with Crippen LogP contribution in [0.1, 0.15) is 18.0 Å². The molecular formula is C25H24ClN3O5. The van der Waals surface area contributed by atoms with E-state index in [2.05, 4.69) is 10.3 Å². The smallest absolute Gasteiger partial charge is 0.227 e. The van der Waals surface area contributed by atoms with E-state index in [4.69, 9.17) is 25.8 Å². The molecule has 1 unspecified atom stereocenters. The number of carbonyl (C=O) groups is 1. The Morgan fingerprint density at radius 2 is 1.79 bits per heavy atom. The van der Waals surface area contributed by atoms with Crippen LogP contribution in [0, 0.1) is 0 Å². The summed E-state index contributed by atoms with van der Waals surface area (Å²) in [5.74, 6) is 1.44. The average molecular weight is 482 g/mol. The molecular weight excluding hydrogens is 458 g/mol. The molecule has 0 saturated heterocycles. The Morgan fingerprint density at radius 1 is 1.09 bits per heavy atom. The SMILES string of the molecule is COc1cc(C(CC(=O)Nc2ccc(Cl)cn2)n2cc3ccccc3c2O)cc(OC)c1OC. The van der Waals surface area contributed by atoms with Crippen LogP contribution in [0.5, 0.6) is 23.1 Å². The number of halogens is 1.